The Bertz CT molecular complexity index is 565. The van der Waals surface area contributed by atoms with E-state index in [1.165, 1.54) is 0 Å². The van der Waals surface area contributed by atoms with E-state index >= 15 is 0 Å². The molecule has 0 radical (unpaired) electrons. The van der Waals surface area contributed by atoms with Crippen LogP contribution in [-0.2, 0) is 6.42 Å². The Balaban J connectivity index is 1.87. The molecule has 0 saturated heterocycles. The number of nitrogens with zero attached hydrogens (tertiary/aromatic N) is 1. The average Bonchev–Trinajstić information content (AvgIpc) is 2.96. The monoisotopic (exact) mass is 273 g/mol. The van der Waals surface area contributed by atoms with Crippen LogP contribution in [-0.4, -0.2) is 29.5 Å². The quantitative estimate of drug-likeness (QED) is 0.792. The highest BCUT2D eigenvalue weighted by Gasteiger charge is 2.11. The summed E-state index contributed by atoms with van der Waals surface area (Å²) in [7, 11) is 1.57. The third kappa shape index (κ3) is 3.60. The standard InChI is InChI=1S/C15H19N3O2/c1-11-5-6-13(20-2)12(10-11)15(19)18-7-3-4-14-16-8-9-17-14/h5-6,8-10H,3-4,7H2,1-2H3,(H,16,17)(H,18,19). The fraction of sp³-hybridized carbons (Fsp3) is 0.333. The van der Waals surface area contributed by atoms with Crippen molar-refractivity contribution in [2.45, 2.75) is 19.8 Å². The van der Waals surface area contributed by atoms with Crippen LogP contribution in [0, 0.1) is 6.92 Å². The molecule has 0 aliphatic rings. The first-order valence-corrected chi connectivity index (χ1v) is 6.62. The first kappa shape index (κ1) is 14.1. The van der Waals surface area contributed by atoms with Crippen molar-refractivity contribution in [3.63, 3.8) is 0 Å². The van der Waals surface area contributed by atoms with Gasteiger partial charge in [-0.1, -0.05) is 11.6 Å². The summed E-state index contributed by atoms with van der Waals surface area (Å²) in [6.07, 6.45) is 5.18. The zero-order valence-electron chi connectivity index (χ0n) is 11.8. The molecule has 0 aliphatic heterocycles. The van der Waals surface area contributed by atoms with Crippen LogP contribution < -0.4 is 10.1 Å². The molecule has 2 N–H and O–H groups in total. The first-order valence-electron chi connectivity index (χ1n) is 6.62. The number of nitrogens with one attached hydrogen (secondary N) is 2. The SMILES string of the molecule is COc1ccc(C)cc1C(=O)NCCCc1ncc[nH]1. The molecule has 20 heavy (non-hydrogen) atoms. The van der Waals surface area contributed by atoms with Gasteiger partial charge in [-0.3, -0.25) is 4.79 Å². The third-order valence-electron chi connectivity index (χ3n) is 3.03. The van der Waals surface area contributed by atoms with E-state index in [4.69, 9.17) is 4.74 Å². The topological polar surface area (TPSA) is 67.0 Å². The molecule has 2 rings (SSSR count). The van der Waals surface area contributed by atoms with Gasteiger partial charge < -0.3 is 15.0 Å². The number of H-pyrrole nitrogens is 1. The summed E-state index contributed by atoms with van der Waals surface area (Å²) in [6, 6.07) is 5.57. The van der Waals surface area contributed by atoms with Crippen LogP contribution in [0.25, 0.3) is 0 Å². The van der Waals surface area contributed by atoms with Crippen LogP contribution in [0.5, 0.6) is 5.75 Å². The van der Waals surface area contributed by atoms with Crippen molar-refractivity contribution < 1.29 is 9.53 Å². The normalized spacial score (nSPS) is 10.3. The Morgan fingerprint density at radius 1 is 1.45 bits per heavy atom. The van der Waals surface area contributed by atoms with Gasteiger partial charge in [-0.05, 0) is 25.5 Å². The molecule has 106 valence electrons. The maximum atomic E-state index is 12.1. The van der Waals surface area contributed by atoms with Crippen LogP contribution in [0.4, 0.5) is 0 Å². The number of benzene rings is 1. The van der Waals surface area contributed by atoms with E-state index in [-0.39, 0.29) is 5.91 Å². The molecule has 0 saturated carbocycles. The van der Waals surface area contributed by atoms with Crippen molar-refractivity contribution in [2.75, 3.05) is 13.7 Å². The molecule has 1 amide bonds. The van der Waals surface area contributed by atoms with E-state index in [1.54, 1.807) is 19.5 Å². The van der Waals surface area contributed by atoms with Gasteiger partial charge in [-0.25, -0.2) is 4.98 Å². The number of hydrogen-bond acceptors (Lipinski definition) is 3. The first-order chi connectivity index (χ1) is 9.70. The lowest BCUT2D eigenvalue weighted by Crippen LogP contribution is -2.25. The second kappa shape index (κ2) is 6.75. The fourth-order valence-corrected chi connectivity index (χ4v) is 1.99. The van der Waals surface area contributed by atoms with Crippen LogP contribution in [0.2, 0.25) is 0 Å². The molecular weight excluding hydrogens is 254 g/mol. The molecule has 5 nitrogen and oxygen atoms in total. The summed E-state index contributed by atoms with van der Waals surface area (Å²) in [4.78, 5) is 19.3. The van der Waals surface area contributed by atoms with E-state index in [0.717, 1.165) is 24.2 Å². The van der Waals surface area contributed by atoms with Gasteiger partial charge in [0, 0.05) is 25.4 Å². The molecular formula is C15H19N3O2. The maximum Gasteiger partial charge on any atom is 0.255 e. The smallest absolute Gasteiger partial charge is 0.255 e. The molecule has 5 heteroatoms. The van der Waals surface area contributed by atoms with E-state index in [0.29, 0.717) is 17.9 Å². The number of hydrogen-bond donors (Lipinski definition) is 2. The van der Waals surface area contributed by atoms with E-state index in [2.05, 4.69) is 15.3 Å². The minimum Gasteiger partial charge on any atom is -0.496 e. The maximum absolute atomic E-state index is 12.1. The Morgan fingerprint density at radius 2 is 2.30 bits per heavy atom. The van der Waals surface area contributed by atoms with Gasteiger partial charge in [0.1, 0.15) is 11.6 Å². The van der Waals surface area contributed by atoms with Crippen LogP contribution in [0.15, 0.2) is 30.6 Å². The van der Waals surface area contributed by atoms with Gasteiger partial charge >= 0.3 is 0 Å². The number of rotatable bonds is 6. The summed E-state index contributed by atoms with van der Waals surface area (Å²) in [5.41, 5.74) is 1.61. The number of amides is 1. The number of methoxy groups -OCH3 is 1. The largest absolute Gasteiger partial charge is 0.496 e. The molecule has 1 heterocycles. The number of imidazole rings is 1. The fourth-order valence-electron chi connectivity index (χ4n) is 1.99. The number of aromatic amines is 1. The number of aromatic nitrogens is 2. The zero-order valence-corrected chi connectivity index (χ0v) is 11.8. The van der Waals surface area contributed by atoms with Gasteiger partial charge in [0.05, 0.1) is 12.7 Å². The summed E-state index contributed by atoms with van der Waals surface area (Å²) in [5.74, 6) is 1.43. The number of carbonyl (C=O) groups is 1. The van der Waals surface area contributed by atoms with Crippen LogP contribution in [0.3, 0.4) is 0 Å². The molecule has 0 atom stereocenters. The Morgan fingerprint density at radius 3 is 3.00 bits per heavy atom. The third-order valence-corrected chi connectivity index (χ3v) is 3.03. The number of aryl methyl sites for hydroxylation is 2. The summed E-state index contributed by atoms with van der Waals surface area (Å²) in [5, 5.41) is 2.90. The molecule has 0 aliphatic carbocycles. The summed E-state index contributed by atoms with van der Waals surface area (Å²) in [6.45, 7) is 2.56. The van der Waals surface area contributed by atoms with Crippen molar-refractivity contribution in [2.24, 2.45) is 0 Å². The predicted octanol–water partition coefficient (Wildman–Crippen LogP) is 2.09. The molecule has 0 unspecified atom stereocenters. The van der Waals surface area contributed by atoms with Gasteiger partial charge in [-0.15, -0.1) is 0 Å². The lowest BCUT2D eigenvalue weighted by Gasteiger charge is -2.10. The van der Waals surface area contributed by atoms with Crippen molar-refractivity contribution in [3.05, 3.63) is 47.5 Å². The minimum atomic E-state index is -0.106. The van der Waals surface area contributed by atoms with E-state index < -0.39 is 0 Å². The molecule has 0 spiro atoms. The summed E-state index contributed by atoms with van der Waals surface area (Å²) < 4.78 is 5.21. The number of ether oxygens (including phenoxy) is 1. The minimum absolute atomic E-state index is 0.106. The highest BCUT2D eigenvalue weighted by atomic mass is 16.5. The molecule has 1 aromatic heterocycles. The van der Waals surface area contributed by atoms with Crippen LogP contribution >= 0.6 is 0 Å². The lowest BCUT2D eigenvalue weighted by molar-refractivity contribution is 0.0950. The highest BCUT2D eigenvalue weighted by Crippen LogP contribution is 2.19. The van der Waals surface area contributed by atoms with Crippen molar-refractivity contribution >= 4 is 5.91 Å². The van der Waals surface area contributed by atoms with Gasteiger partial charge in [0.25, 0.3) is 5.91 Å². The Kier molecular flexibility index (Phi) is 4.76. The van der Waals surface area contributed by atoms with Gasteiger partial charge in [0.15, 0.2) is 0 Å². The molecule has 2 aromatic rings. The average molecular weight is 273 g/mol. The highest BCUT2D eigenvalue weighted by molar-refractivity contribution is 5.97. The second-order valence-electron chi connectivity index (χ2n) is 4.60. The second-order valence-corrected chi connectivity index (χ2v) is 4.60. The summed E-state index contributed by atoms with van der Waals surface area (Å²) >= 11 is 0. The molecule has 1 aromatic carbocycles. The van der Waals surface area contributed by atoms with Gasteiger partial charge in [-0.2, -0.15) is 0 Å². The van der Waals surface area contributed by atoms with Gasteiger partial charge in [0.2, 0.25) is 0 Å². The van der Waals surface area contributed by atoms with Crippen molar-refractivity contribution in [3.8, 4) is 5.75 Å². The number of carbonyl (C=O) groups excluding carboxylic acids is 1. The van der Waals surface area contributed by atoms with Crippen molar-refractivity contribution in [1.29, 1.82) is 0 Å². The van der Waals surface area contributed by atoms with Crippen molar-refractivity contribution in [1.82, 2.24) is 15.3 Å². The molecule has 0 bridgehead atoms. The van der Waals surface area contributed by atoms with E-state index in [1.807, 2.05) is 25.1 Å². The Hall–Kier alpha value is -2.30. The predicted molar refractivity (Wildman–Crippen MR) is 77.0 cm³/mol. The zero-order chi connectivity index (χ0) is 14.4. The Labute approximate surface area is 118 Å². The lowest BCUT2D eigenvalue weighted by atomic mass is 10.1. The molecule has 0 fully saturated rings. The van der Waals surface area contributed by atoms with E-state index in [9.17, 15) is 4.79 Å². The van der Waals surface area contributed by atoms with Crippen LogP contribution in [0.1, 0.15) is 28.2 Å².